The summed E-state index contributed by atoms with van der Waals surface area (Å²) in [6, 6.07) is 13.7. The third kappa shape index (κ3) is 3.86. The molecule has 0 saturated carbocycles. The Bertz CT molecular complexity index is 947. The number of rotatable bonds is 4. The summed E-state index contributed by atoms with van der Waals surface area (Å²) in [7, 11) is 1.65. The lowest BCUT2D eigenvalue weighted by atomic mass is 9.71. The molecule has 1 spiro atoms. The van der Waals surface area contributed by atoms with Crippen molar-refractivity contribution in [1.29, 1.82) is 0 Å². The molecular weight excluding hydrogens is 378 g/mol. The molecule has 6 nitrogen and oxygen atoms in total. The van der Waals surface area contributed by atoms with Gasteiger partial charge in [0, 0.05) is 31.9 Å². The number of hydrogen-bond acceptors (Lipinski definition) is 3. The van der Waals surface area contributed by atoms with Gasteiger partial charge in [0.15, 0.2) is 0 Å². The van der Waals surface area contributed by atoms with Crippen LogP contribution in [0.4, 0.5) is 10.5 Å². The third-order valence-electron chi connectivity index (χ3n) is 6.53. The highest BCUT2D eigenvalue weighted by molar-refractivity contribution is 5.91. The number of likely N-dealkylation sites (tertiary alicyclic amines) is 2. The number of amides is 3. The van der Waals surface area contributed by atoms with Crippen LogP contribution in [-0.4, -0.2) is 48.5 Å². The van der Waals surface area contributed by atoms with Gasteiger partial charge in [0.05, 0.1) is 12.5 Å². The van der Waals surface area contributed by atoms with E-state index in [1.54, 1.807) is 7.11 Å². The minimum Gasteiger partial charge on any atom is -0.497 e. The van der Waals surface area contributed by atoms with Crippen LogP contribution < -0.4 is 10.1 Å². The first-order chi connectivity index (χ1) is 14.4. The van der Waals surface area contributed by atoms with Gasteiger partial charge in [-0.15, -0.1) is 0 Å². The number of carbonyl (C=O) groups excluding carboxylic acids is 2. The summed E-state index contributed by atoms with van der Waals surface area (Å²) >= 11 is 0. The van der Waals surface area contributed by atoms with Crippen molar-refractivity contribution in [1.82, 2.24) is 9.80 Å². The molecule has 0 aliphatic carbocycles. The predicted octanol–water partition coefficient (Wildman–Crippen LogP) is 3.97. The van der Waals surface area contributed by atoms with E-state index in [4.69, 9.17) is 4.74 Å². The molecule has 2 aromatic rings. The van der Waals surface area contributed by atoms with Crippen molar-refractivity contribution in [2.75, 3.05) is 32.1 Å². The van der Waals surface area contributed by atoms with Crippen LogP contribution in [0.1, 0.15) is 29.5 Å². The average Bonchev–Trinajstić information content (AvgIpc) is 2.76. The maximum atomic E-state index is 12.9. The first kappa shape index (κ1) is 20.3. The second-order valence-electron chi connectivity index (χ2n) is 8.51. The van der Waals surface area contributed by atoms with Crippen molar-refractivity contribution in [3.8, 4) is 5.75 Å². The number of nitrogens with zero attached hydrogens (tertiary/aromatic N) is 2. The lowest BCUT2D eigenvalue weighted by Gasteiger charge is -2.52. The molecule has 2 aliphatic heterocycles. The molecule has 2 aliphatic rings. The van der Waals surface area contributed by atoms with E-state index in [9.17, 15) is 9.59 Å². The van der Waals surface area contributed by atoms with Gasteiger partial charge in [-0.1, -0.05) is 18.2 Å². The van der Waals surface area contributed by atoms with E-state index in [2.05, 4.69) is 12.2 Å². The number of ether oxygens (including phenoxy) is 1. The number of β-lactam (4-membered cyclic amide) rings is 1. The van der Waals surface area contributed by atoms with Gasteiger partial charge < -0.3 is 19.9 Å². The highest BCUT2D eigenvalue weighted by Gasteiger charge is 2.53. The van der Waals surface area contributed by atoms with Crippen molar-refractivity contribution < 1.29 is 14.3 Å². The second kappa shape index (κ2) is 8.01. The highest BCUT2D eigenvalue weighted by Crippen LogP contribution is 2.42. The molecule has 3 amide bonds. The molecule has 158 valence electrons. The Morgan fingerprint density at radius 3 is 2.37 bits per heavy atom. The Morgan fingerprint density at radius 1 is 1.07 bits per heavy atom. The van der Waals surface area contributed by atoms with Crippen LogP contribution >= 0.6 is 0 Å². The zero-order valence-corrected chi connectivity index (χ0v) is 17.9. The first-order valence-electron chi connectivity index (χ1n) is 10.5. The molecule has 0 atom stereocenters. The monoisotopic (exact) mass is 407 g/mol. The second-order valence-corrected chi connectivity index (χ2v) is 8.51. The van der Waals surface area contributed by atoms with Crippen LogP contribution in [0.2, 0.25) is 0 Å². The number of piperidine rings is 1. The number of anilines is 1. The molecule has 1 N–H and O–H groups in total. The molecule has 0 bridgehead atoms. The highest BCUT2D eigenvalue weighted by atomic mass is 16.5. The van der Waals surface area contributed by atoms with Crippen LogP contribution in [0.3, 0.4) is 0 Å². The summed E-state index contributed by atoms with van der Waals surface area (Å²) in [5, 5.41) is 2.99. The molecule has 2 aromatic carbocycles. The molecule has 0 radical (unpaired) electrons. The van der Waals surface area contributed by atoms with E-state index < -0.39 is 0 Å². The van der Waals surface area contributed by atoms with Gasteiger partial charge in [0.2, 0.25) is 5.91 Å². The van der Waals surface area contributed by atoms with E-state index in [0.29, 0.717) is 19.6 Å². The fourth-order valence-corrected chi connectivity index (χ4v) is 4.36. The van der Waals surface area contributed by atoms with E-state index in [1.165, 1.54) is 5.56 Å². The molecular formula is C24H29N3O3. The molecule has 2 heterocycles. The Hall–Kier alpha value is -3.02. The zero-order chi connectivity index (χ0) is 21.3. The molecule has 4 rings (SSSR count). The van der Waals surface area contributed by atoms with Gasteiger partial charge in [-0.3, -0.25) is 4.79 Å². The van der Waals surface area contributed by atoms with Crippen molar-refractivity contribution in [3.63, 3.8) is 0 Å². The van der Waals surface area contributed by atoms with Crippen LogP contribution in [0.15, 0.2) is 42.5 Å². The maximum absolute atomic E-state index is 12.9. The Labute approximate surface area is 177 Å². The number of aryl methyl sites for hydroxylation is 2. The summed E-state index contributed by atoms with van der Waals surface area (Å²) in [4.78, 5) is 29.2. The summed E-state index contributed by atoms with van der Waals surface area (Å²) in [6.45, 7) is 6.71. The summed E-state index contributed by atoms with van der Waals surface area (Å²) in [5.41, 5.74) is 3.99. The lowest BCUT2D eigenvalue weighted by molar-refractivity contribution is -0.165. The number of methoxy groups -OCH3 is 1. The third-order valence-corrected chi connectivity index (χ3v) is 6.53. The van der Waals surface area contributed by atoms with Crippen LogP contribution in [0.25, 0.3) is 0 Å². The summed E-state index contributed by atoms with van der Waals surface area (Å²) < 4.78 is 5.19. The lowest BCUT2D eigenvalue weighted by Crippen LogP contribution is -2.64. The minimum absolute atomic E-state index is 0.0880. The predicted molar refractivity (Wildman–Crippen MR) is 117 cm³/mol. The van der Waals surface area contributed by atoms with Crippen molar-refractivity contribution in [2.45, 2.75) is 33.2 Å². The Kier molecular flexibility index (Phi) is 5.41. The van der Waals surface area contributed by atoms with E-state index >= 15 is 0 Å². The van der Waals surface area contributed by atoms with Crippen LogP contribution in [-0.2, 0) is 11.3 Å². The number of carbonyl (C=O) groups is 2. The average molecular weight is 408 g/mol. The van der Waals surface area contributed by atoms with Gasteiger partial charge in [0.1, 0.15) is 5.75 Å². The SMILES string of the molecule is COc1ccc(CN2CC3(CCN(C(=O)Nc4ccc(C)c(C)c4)CC3)C2=O)cc1. The van der Waals surface area contributed by atoms with E-state index in [-0.39, 0.29) is 17.4 Å². The van der Waals surface area contributed by atoms with Gasteiger partial charge in [-0.25, -0.2) is 4.79 Å². The largest absolute Gasteiger partial charge is 0.497 e. The maximum Gasteiger partial charge on any atom is 0.321 e. The quantitative estimate of drug-likeness (QED) is 0.780. The zero-order valence-electron chi connectivity index (χ0n) is 17.9. The summed E-state index contributed by atoms with van der Waals surface area (Å²) in [6.07, 6.45) is 1.45. The smallest absolute Gasteiger partial charge is 0.321 e. The van der Waals surface area contributed by atoms with Crippen molar-refractivity contribution >= 4 is 17.6 Å². The number of benzene rings is 2. The first-order valence-corrected chi connectivity index (χ1v) is 10.5. The minimum atomic E-state index is -0.288. The molecule has 2 saturated heterocycles. The standard InChI is InChI=1S/C24H29N3O3/c1-17-4-7-20(14-18(17)2)25-23(29)26-12-10-24(11-13-26)16-27(22(24)28)15-19-5-8-21(30-3)9-6-19/h4-9,14H,10-13,15-16H2,1-3H3,(H,25,29). The van der Waals surface area contributed by atoms with Gasteiger partial charge in [-0.2, -0.15) is 0 Å². The van der Waals surface area contributed by atoms with E-state index in [0.717, 1.165) is 42.0 Å². The molecule has 6 heteroatoms. The van der Waals surface area contributed by atoms with Crippen molar-refractivity contribution in [2.24, 2.45) is 5.41 Å². The summed E-state index contributed by atoms with van der Waals surface area (Å²) in [5.74, 6) is 1.03. The number of nitrogens with one attached hydrogen (secondary N) is 1. The van der Waals surface area contributed by atoms with Crippen molar-refractivity contribution in [3.05, 3.63) is 59.2 Å². The number of urea groups is 1. The Balaban J connectivity index is 1.29. The van der Waals surface area contributed by atoms with Gasteiger partial charge >= 0.3 is 6.03 Å². The molecule has 2 fully saturated rings. The van der Waals surface area contributed by atoms with Gasteiger partial charge in [-0.05, 0) is 67.6 Å². The molecule has 0 aromatic heterocycles. The topological polar surface area (TPSA) is 61.9 Å². The Morgan fingerprint density at radius 2 is 1.77 bits per heavy atom. The van der Waals surface area contributed by atoms with Gasteiger partial charge in [0.25, 0.3) is 0 Å². The normalized spacial score (nSPS) is 17.6. The number of hydrogen-bond donors (Lipinski definition) is 1. The van der Waals surface area contributed by atoms with E-state index in [1.807, 2.05) is 59.2 Å². The fourth-order valence-electron chi connectivity index (χ4n) is 4.36. The molecule has 30 heavy (non-hydrogen) atoms. The van der Waals surface area contributed by atoms with Crippen LogP contribution in [0, 0.1) is 19.3 Å². The van der Waals surface area contributed by atoms with Crippen LogP contribution in [0.5, 0.6) is 5.75 Å². The molecule has 0 unspecified atom stereocenters. The fraction of sp³-hybridized carbons (Fsp3) is 0.417.